The van der Waals surface area contributed by atoms with Gasteiger partial charge < -0.3 is 19.2 Å². The van der Waals surface area contributed by atoms with E-state index in [9.17, 15) is 0 Å². The number of phosphoric acid groups is 1. The fraction of sp³-hybridized carbons (Fsp3) is 0. The van der Waals surface area contributed by atoms with Crippen LogP contribution in [0.2, 0.25) is 0 Å². The molecule has 0 rings (SSSR count). The number of hydrogen-bond acceptors (Lipinski definition) is 6. The Kier molecular flexibility index (Phi) is 49.5. The fourth-order valence-electron chi connectivity index (χ4n) is 0. The van der Waals surface area contributed by atoms with Crippen LogP contribution in [0, 0.1) is 0 Å². The van der Waals surface area contributed by atoms with Gasteiger partial charge in [-0.3, -0.25) is 8.92 Å². The average Bonchev–Trinajstić information content (AvgIpc) is 1.27. The van der Waals surface area contributed by atoms with Crippen molar-refractivity contribution in [2.45, 2.75) is 0 Å². The molecule has 6 nitrogen and oxygen atoms in total. The molecule has 0 atom stereocenters. The zero-order chi connectivity index (χ0) is 7.21. The Morgan fingerprint density at radius 1 is 0.909 bits per heavy atom. The molecule has 0 aliphatic rings. The molecule has 48 valence electrons. The van der Waals surface area contributed by atoms with Gasteiger partial charge in [0.25, 0.3) is 0 Å². The van der Waals surface area contributed by atoms with Crippen molar-refractivity contribution in [3.8, 4) is 0 Å². The van der Waals surface area contributed by atoms with Crippen LogP contribution in [0.5, 0.6) is 0 Å². The Bertz CT molecular complexity index is 116. The van der Waals surface area contributed by atoms with Crippen LogP contribution in [0.25, 0.3) is 0 Å². The summed E-state index contributed by atoms with van der Waals surface area (Å²) in [4.78, 5) is 25.6. The molecular weight excluding hydrogens is 224 g/mol. The van der Waals surface area contributed by atoms with Gasteiger partial charge in [0.2, 0.25) is 0 Å². The van der Waals surface area contributed by atoms with Crippen molar-refractivity contribution in [3.63, 3.8) is 0 Å². The van der Waals surface area contributed by atoms with E-state index in [2.05, 4.69) is 0 Å². The van der Waals surface area contributed by atoms with Gasteiger partial charge >= 0.3 is 98.0 Å². The van der Waals surface area contributed by atoms with Crippen LogP contribution in [0.3, 0.4) is 0 Å². The fourth-order valence-corrected chi connectivity index (χ4v) is 0. The summed E-state index contributed by atoms with van der Waals surface area (Å²) in [6.07, 6.45) is 0. The maximum absolute atomic E-state index is 8.55. The Labute approximate surface area is 132 Å². The molecular formula is Na3O6PSi. The molecule has 0 N–H and O–H groups in total. The first-order valence-electron chi connectivity index (χ1n) is 1.14. The zero-order valence-corrected chi connectivity index (χ0v) is 14.3. The summed E-state index contributed by atoms with van der Waals surface area (Å²) in [5.74, 6) is 0. The van der Waals surface area contributed by atoms with Crippen LogP contribution < -0.4 is 103 Å². The second-order valence-corrected chi connectivity index (χ2v) is 1.59. The quantitative estimate of drug-likeness (QED) is 0.297. The smallest absolute Gasteiger partial charge is 0.822 e. The topological polar surface area (TPSA) is 120 Å². The molecule has 11 heteroatoms. The van der Waals surface area contributed by atoms with Crippen molar-refractivity contribution in [2.75, 3.05) is 0 Å². The largest absolute Gasteiger partial charge is 1.00 e. The summed E-state index contributed by atoms with van der Waals surface area (Å²) in [5.41, 5.74) is 0. The molecule has 0 bridgehead atoms. The van der Waals surface area contributed by atoms with E-state index in [1.165, 1.54) is 0 Å². The minimum Gasteiger partial charge on any atom is -0.822 e. The number of rotatable bonds is 0. The minimum absolute atomic E-state index is 0. The first-order valence-corrected chi connectivity index (χ1v) is 3.42. The second-order valence-electron chi connectivity index (χ2n) is 0.531. The van der Waals surface area contributed by atoms with Gasteiger partial charge in [0.15, 0.2) is 0 Å². The standard InChI is InChI=1S/3Na.H3O4P.O2Si/c;;;1-5(2,3)4;1-3-2/h;;;(H3,1,2,3,4);/q3*+1;;/p-3. The van der Waals surface area contributed by atoms with Crippen molar-refractivity contribution in [1.82, 2.24) is 0 Å². The molecule has 0 saturated carbocycles. The Hall–Kier alpha value is 2.93. The molecule has 0 aliphatic carbocycles. The van der Waals surface area contributed by atoms with Crippen molar-refractivity contribution in [2.24, 2.45) is 0 Å². The average molecular weight is 224 g/mol. The third kappa shape index (κ3) is 180. The van der Waals surface area contributed by atoms with E-state index in [1.807, 2.05) is 0 Å². The van der Waals surface area contributed by atoms with Crippen LogP contribution in [-0.4, -0.2) is 9.29 Å². The van der Waals surface area contributed by atoms with Gasteiger partial charge in [0.05, 0.1) is 0 Å². The summed E-state index contributed by atoms with van der Waals surface area (Å²) >= 11 is 0. The summed E-state index contributed by atoms with van der Waals surface area (Å²) in [5, 5.41) is 0. The Balaban J connectivity index is -0.0000000183. The van der Waals surface area contributed by atoms with E-state index in [-0.39, 0.29) is 88.7 Å². The van der Waals surface area contributed by atoms with Crippen molar-refractivity contribution >= 4 is 17.1 Å². The molecule has 11 heavy (non-hydrogen) atoms. The van der Waals surface area contributed by atoms with Crippen LogP contribution >= 0.6 is 7.82 Å². The first kappa shape index (κ1) is 29.2. The summed E-state index contributed by atoms with van der Waals surface area (Å²) in [6, 6.07) is 0. The monoisotopic (exact) mass is 224 g/mol. The van der Waals surface area contributed by atoms with Crippen molar-refractivity contribution in [3.05, 3.63) is 0 Å². The molecule has 0 radical (unpaired) electrons. The van der Waals surface area contributed by atoms with Crippen molar-refractivity contribution < 1.29 is 117 Å². The van der Waals surface area contributed by atoms with E-state index in [1.54, 1.807) is 0 Å². The first-order chi connectivity index (χ1) is 3.41. The third-order valence-electron chi connectivity index (χ3n) is 0. The summed E-state index contributed by atoms with van der Waals surface area (Å²) in [6.45, 7) is 0. The summed E-state index contributed by atoms with van der Waals surface area (Å²) in [7, 11) is -6.81. The van der Waals surface area contributed by atoms with Gasteiger partial charge in [-0.1, -0.05) is 0 Å². The maximum Gasteiger partial charge on any atom is 1.00 e. The maximum atomic E-state index is 8.55. The molecule has 0 spiro atoms. The van der Waals surface area contributed by atoms with Gasteiger partial charge in [-0.15, -0.1) is 0 Å². The van der Waals surface area contributed by atoms with Gasteiger partial charge in [0, 0.05) is 0 Å². The van der Waals surface area contributed by atoms with Gasteiger partial charge in [-0.2, -0.15) is 7.82 Å². The van der Waals surface area contributed by atoms with E-state index in [4.69, 9.17) is 28.2 Å². The van der Waals surface area contributed by atoms with Gasteiger partial charge in [-0.25, -0.2) is 0 Å². The Morgan fingerprint density at radius 3 is 0.909 bits per heavy atom. The normalized spacial score (nSPS) is 6.09. The van der Waals surface area contributed by atoms with E-state index in [0.29, 0.717) is 0 Å². The van der Waals surface area contributed by atoms with Crippen LogP contribution in [0.15, 0.2) is 0 Å². The second kappa shape index (κ2) is 18.7. The van der Waals surface area contributed by atoms with Gasteiger partial charge in [0.1, 0.15) is 0 Å². The zero-order valence-electron chi connectivity index (χ0n) is 6.40. The van der Waals surface area contributed by atoms with Gasteiger partial charge in [-0.05, 0) is 0 Å². The molecule has 0 unspecified atom stereocenters. The molecule has 0 aliphatic heterocycles. The SMILES string of the molecule is O=P([O-])([O-])[O-].O=[Si]=O.[Na+].[Na+].[Na+]. The van der Waals surface area contributed by atoms with Crippen LogP contribution in [-0.2, 0) is 13.5 Å². The predicted octanol–water partition coefficient (Wildman–Crippen LogP) is -12.4. The molecule has 0 fully saturated rings. The molecule has 0 amide bonds. The molecule has 0 saturated heterocycles. The number of hydrogen-bond donors (Lipinski definition) is 0. The van der Waals surface area contributed by atoms with Crippen LogP contribution in [0.1, 0.15) is 0 Å². The van der Waals surface area contributed by atoms with E-state index in [0.717, 1.165) is 0 Å². The minimum atomic E-state index is -5.39. The third-order valence-corrected chi connectivity index (χ3v) is 0. The van der Waals surface area contributed by atoms with E-state index >= 15 is 0 Å². The van der Waals surface area contributed by atoms with Crippen molar-refractivity contribution in [1.29, 1.82) is 0 Å². The summed E-state index contributed by atoms with van der Waals surface area (Å²) < 4.78 is 25.4. The molecule has 0 aromatic carbocycles. The molecule has 0 heterocycles. The Morgan fingerprint density at radius 2 is 0.909 bits per heavy atom. The molecule has 0 aromatic heterocycles. The van der Waals surface area contributed by atoms with E-state index < -0.39 is 17.1 Å². The predicted molar refractivity (Wildman–Crippen MR) is 14.7 cm³/mol. The van der Waals surface area contributed by atoms with Crippen LogP contribution in [0.4, 0.5) is 0 Å². The molecule has 0 aromatic rings.